The van der Waals surface area contributed by atoms with Gasteiger partial charge in [0.05, 0.1) is 54.5 Å². The molecule has 0 aliphatic carbocycles. The van der Waals surface area contributed by atoms with Crippen LogP contribution in [0.5, 0.6) is 0 Å². The van der Waals surface area contributed by atoms with Crippen molar-refractivity contribution in [2.45, 2.75) is 160 Å². The number of rotatable bonds is 28. The molecule has 0 aliphatic heterocycles. The Labute approximate surface area is 666 Å². The van der Waals surface area contributed by atoms with Crippen LogP contribution in [0.1, 0.15) is 153 Å². The molecule has 0 saturated carbocycles. The molecule has 0 aliphatic rings. The molecule has 0 unspecified atom stereocenters. The second kappa shape index (κ2) is 39.7. The topological polar surface area (TPSA) is 115 Å². The molecule has 1 radical (unpaired) electrons. The maximum absolute atomic E-state index is 4.81. The summed E-state index contributed by atoms with van der Waals surface area (Å²) in [5, 5.41) is 4.63. The molecule has 0 atom stereocenters. The van der Waals surface area contributed by atoms with Crippen LogP contribution in [-0.2, 0) is 25.7 Å². The van der Waals surface area contributed by atoms with Crippen LogP contribution in [0.2, 0.25) is 0 Å². The third-order valence-electron chi connectivity index (χ3n) is 17.1. The SMILES string of the molecule is CCCCCCc1cc(-c2ccc(-c3ccc(-c4ccc(-c5cc(CCCCCC)c(Br)s5)c5nsnc45)s3)c3nsnc23)sc1Br.CCCCCCc1csc(-c2ccc(-c3ccc(-c4ccc(-c5cc(CCCCCC)cs5)c5nsnc45)s3)c3nsnc23)c1.ClC(Cl)Cl.[B]=NS.[CH3-]. The minimum Gasteiger partial charge on any atom is -0.358 e. The summed E-state index contributed by atoms with van der Waals surface area (Å²) >= 11 is 41.3. The molecule has 4 aromatic carbocycles. The summed E-state index contributed by atoms with van der Waals surface area (Å²) in [5.74, 6) is 0. The quantitative estimate of drug-likeness (QED) is 0.0170. The van der Waals surface area contributed by atoms with E-state index in [2.05, 4.69) is 192 Å². The summed E-state index contributed by atoms with van der Waals surface area (Å²) < 4.78 is 42.7. The van der Waals surface area contributed by atoms with E-state index in [4.69, 9.17) is 69.8 Å². The molecule has 10 aromatic heterocycles. The van der Waals surface area contributed by atoms with Crippen molar-refractivity contribution < 1.29 is 0 Å². The zero-order valence-corrected chi connectivity index (χ0v) is 70.6. The molecule has 0 bridgehead atoms. The number of thiol groups is 1. The summed E-state index contributed by atoms with van der Waals surface area (Å²) in [6.45, 7) is 9.05. The number of unbranched alkanes of at least 4 members (excludes halogenated alkanes) is 12. The smallest absolute Gasteiger partial charge is 0.358 e. The van der Waals surface area contributed by atoms with Crippen LogP contribution < -0.4 is 0 Å². The van der Waals surface area contributed by atoms with Gasteiger partial charge in [-0.2, -0.15) is 35.0 Å². The summed E-state index contributed by atoms with van der Waals surface area (Å²) in [7, 11) is 4.34. The number of alkyl halides is 3. The molecule has 0 fully saturated rings. The molecule has 9 nitrogen and oxygen atoms in total. The minimum absolute atomic E-state index is 0. The predicted molar refractivity (Wildman–Crippen MR) is 459 cm³/mol. The second-order valence-corrected chi connectivity index (χ2v) is 36.9. The Hall–Kier alpha value is -3.60. The average molecular weight is 1720 g/mol. The van der Waals surface area contributed by atoms with E-state index >= 15 is 0 Å². The van der Waals surface area contributed by atoms with Crippen LogP contribution >= 0.6 is 194 Å². The van der Waals surface area contributed by atoms with Crippen LogP contribution in [0.25, 0.3) is 128 Å². The Morgan fingerprint density at radius 2 is 0.600 bits per heavy atom. The molecule has 0 N–H and O–H groups in total. The molecule has 100 heavy (non-hydrogen) atoms. The van der Waals surface area contributed by atoms with Gasteiger partial charge in [-0.05, 0) is 165 Å². The number of aryl methyl sites for hydroxylation is 4. The van der Waals surface area contributed by atoms with Gasteiger partial charge in [0.2, 0.25) is 0 Å². The second-order valence-electron chi connectivity index (χ2n) is 23.9. The zero-order chi connectivity index (χ0) is 69.2. The fourth-order valence-electron chi connectivity index (χ4n) is 12.0. The van der Waals surface area contributed by atoms with Crippen molar-refractivity contribution in [1.82, 2.24) is 35.0 Å². The van der Waals surface area contributed by atoms with Gasteiger partial charge in [-0.3, -0.25) is 0 Å². The molecular formula is C74H75BBr2Cl3N9S11-. The van der Waals surface area contributed by atoms with E-state index in [9.17, 15) is 0 Å². The van der Waals surface area contributed by atoms with Gasteiger partial charge in [0, 0.05) is 83.5 Å². The molecule has 10 heterocycles. The Kier molecular flexibility index (Phi) is 31.3. The van der Waals surface area contributed by atoms with Crippen molar-refractivity contribution >= 4 is 246 Å². The monoisotopic (exact) mass is 1720 g/mol. The van der Waals surface area contributed by atoms with Crippen LogP contribution in [0.4, 0.5) is 0 Å². The standard InChI is InChI=1S/C36H34Br2N4S5.C36H36N4S5.CHCl3.CH3.BHNS/c1-3-5-7-9-11-21-19-29(44-35(21)37)25-15-13-23(31-33(25)41-46-39-31)27-17-18-28(43-27)24-14-16-26(34-32(24)40-47-42-34)30-20-22(36(38)45-30)12-10-8-6-4-2;1-3-5-7-9-11-23-19-31(41-21-23)27-15-13-25(33-35(27)39-44-37-33)29-17-18-30(43-29)26-14-16-28(36-34(26)38-45-40-36)32-20-24(22-42-32)12-10-8-6-4-2;2-1(3)4;;1-2-3/h13-20H,3-12H2,1-2H3;13-22H,3-12H2,1-2H3;1H;1H3;3H/q;;;-1;. The molecule has 0 spiro atoms. The van der Waals surface area contributed by atoms with Crippen LogP contribution in [0, 0.1) is 7.43 Å². The Bertz CT molecular complexity index is 4610. The fourth-order valence-corrected chi connectivity index (χ4v) is 22.0. The van der Waals surface area contributed by atoms with E-state index in [1.807, 2.05) is 22.7 Å². The van der Waals surface area contributed by atoms with Gasteiger partial charge in [-0.1, -0.05) is 188 Å². The Morgan fingerprint density at radius 3 is 0.860 bits per heavy atom. The number of hydrogen-bond acceptors (Lipinski definition) is 20. The number of fused-ring (bicyclic) bond motifs is 4. The van der Waals surface area contributed by atoms with Gasteiger partial charge in [-0.25, -0.2) is 0 Å². The van der Waals surface area contributed by atoms with Gasteiger partial charge >= 0.3 is 24.8 Å². The number of benzene rings is 4. The number of hydrogen-bond donors (Lipinski definition) is 1. The first kappa shape index (κ1) is 79.0. The van der Waals surface area contributed by atoms with E-state index in [0.717, 1.165) is 103 Å². The van der Waals surface area contributed by atoms with E-state index in [1.54, 1.807) is 45.3 Å². The maximum Gasteiger partial charge on any atom is -0.358 e. The van der Waals surface area contributed by atoms with Crippen molar-refractivity contribution in [2.24, 2.45) is 4.30 Å². The number of nitrogens with zero attached hydrogens (tertiary/aromatic N) is 9. The summed E-state index contributed by atoms with van der Waals surface area (Å²) in [5.41, 5.74) is 22.8. The average Bonchev–Trinajstić information content (AvgIpc) is 1.61. The van der Waals surface area contributed by atoms with Crippen LogP contribution in [0.15, 0.2) is 120 Å². The van der Waals surface area contributed by atoms with Gasteiger partial charge in [0.1, 0.15) is 44.1 Å². The van der Waals surface area contributed by atoms with Gasteiger partial charge in [0.15, 0.2) is 4.30 Å². The van der Waals surface area contributed by atoms with Crippen LogP contribution in [0.3, 0.4) is 0 Å². The minimum atomic E-state index is -0.750. The number of aromatic nitrogens is 8. The zero-order valence-electron chi connectivity index (χ0n) is 56.1. The van der Waals surface area contributed by atoms with Crippen molar-refractivity contribution in [1.29, 1.82) is 0 Å². The molecule has 0 saturated heterocycles. The van der Waals surface area contributed by atoms with Crippen molar-refractivity contribution in [3.8, 4) is 83.5 Å². The van der Waals surface area contributed by atoms with Gasteiger partial charge in [0.25, 0.3) is 0 Å². The molecule has 26 heteroatoms. The first-order valence-corrected chi connectivity index (χ1v) is 44.6. The van der Waals surface area contributed by atoms with Crippen molar-refractivity contribution in [3.63, 3.8) is 0 Å². The molecule has 14 aromatic rings. The van der Waals surface area contributed by atoms with E-state index in [-0.39, 0.29) is 7.43 Å². The number of halogens is 5. The molecule has 521 valence electrons. The van der Waals surface area contributed by atoms with E-state index in [0.29, 0.717) is 0 Å². The molecular weight excluding hydrogens is 1640 g/mol. The van der Waals surface area contributed by atoms with E-state index < -0.39 is 4.30 Å². The Balaban J connectivity index is 0.000000196. The Morgan fingerprint density at radius 1 is 0.360 bits per heavy atom. The van der Waals surface area contributed by atoms with Crippen molar-refractivity contribution in [2.75, 3.05) is 0 Å². The number of thiophene rings is 6. The largest absolute Gasteiger partial charge is 0.358 e. The summed E-state index contributed by atoms with van der Waals surface area (Å²) in [4.78, 5) is 9.82. The normalized spacial score (nSPS) is 11.3. The third kappa shape index (κ3) is 19.7. The maximum atomic E-state index is 4.81. The first-order chi connectivity index (χ1) is 48.4. The van der Waals surface area contributed by atoms with Crippen LogP contribution in [-0.4, -0.2) is 46.9 Å². The van der Waals surface area contributed by atoms with E-state index in [1.165, 1.54) is 230 Å². The summed E-state index contributed by atoms with van der Waals surface area (Å²) in [6.07, 6.45) is 25.0. The van der Waals surface area contributed by atoms with Gasteiger partial charge in [-0.15, -0.1) is 68.0 Å². The molecule has 14 rings (SSSR count). The predicted octanol–water partition coefficient (Wildman–Crippen LogP) is 29.7. The first-order valence-electron chi connectivity index (χ1n) is 33.3. The van der Waals surface area contributed by atoms with Crippen molar-refractivity contribution in [3.05, 3.63) is 145 Å². The third-order valence-corrected chi connectivity index (χ3v) is 27.5. The van der Waals surface area contributed by atoms with Gasteiger partial charge < -0.3 is 7.43 Å². The molecule has 0 amide bonds. The fraction of sp³-hybridized carbons (Fsp3) is 0.338. The summed E-state index contributed by atoms with van der Waals surface area (Å²) in [6, 6.07) is 36.1.